The molecule has 4 nitrogen and oxygen atoms in total. The molecule has 0 atom stereocenters. The second-order valence-electron chi connectivity index (χ2n) is 5.13. The molecule has 0 saturated carbocycles. The maximum absolute atomic E-state index is 11.8. The number of carbonyl (C=O) groups is 1. The van der Waals surface area contributed by atoms with Gasteiger partial charge in [-0.1, -0.05) is 18.2 Å². The molecule has 1 heterocycles. The van der Waals surface area contributed by atoms with E-state index in [0.717, 1.165) is 38.2 Å². The molecular weight excluding hydrogens is 240 g/mol. The number of nitrogens with zero attached hydrogens (tertiary/aromatic N) is 1. The number of hydrogen-bond donors (Lipinski definition) is 2. The first-order valence-corrected chi connectivity index (χ1v) is 6.96. The molecule has 1 aromatic rings. The minimum Gasteiger partial charge on any atom is -0.396 e. The summed E-state index contributed by atoms with van der Waals surface area (Å²) in [5.41, 5.74) is 0.853. The number of piperidine rings is 1. The Morgan fingerprint density at radius 1 is 1.26 bits per heavy atom. The van der Waals surface area contributed by atoms with Crippen molar-refractivity contribution in [3.8, 4) is 0 Å². The highest BCUT2D eigenvalue weighted by molar-refractivity contribution is 5.90. The van der Waals surface area contributed by atoms with Gasteiger partial charge in [-0.25, -0.2) is 0 Å². The number of benzene rings is 1. The lowest BCUT2D eigenvalue weighted by molar-refractivity contribution is -0.116. The summed E-state index contributed by atoms with van der Waals surface area (Å²) in [6.45, 7) is 3.08. The summed E-state index contributed by atoms with van der Waals surface area (Å²) < 4.78 is 0. The first kappa shape index (κ1) is 14.0. The van der Waals surface area contributed by atoms with E-state index < -0.39 is 0 Å². The average molecular weight is 262 g/mol. The minimum absolute atomic E-state index is 0.0653. The van der Waals surface area contributed by atoms with Gasteiger partial charge in [0, 0.05) is 25.3 Å². The first-order valence-electron chi connectivity index (χ1n) is 6.96. The molecule has 0 aromatic heterocycles. The molecule has 1 aromatic carbocycles. The van der Waals surface area contributed by atoms with Gasteiger partial charge in [-0.3, -0.25) is 4.79 Å². The van der Waals surface area contributed by atoms with E-state index in [1.54, 1.807) is 0 Å². The van der Waals surface area contributed by atoms with Crippen LogP contribution in [0.3, 0.4) is 0 Å². The van der Waals surface area contributed by atoms with Crippen molar-refractivity contribution in [3.63, 3.8) is 0 Å². The molecular formula is C15H22N2O2. The fourth-order valence-electron chi connectivity index (χ4n) is 2.40. The number of anilines is 1. The van der Waals surface area contributed by atoms with E-state index in [9.17, 15) is 4.79 Å². The Hall–Kier alpha value is -1.39. The Morgan fingerprint density at radius 2 is 1.95 bits per heavy atom. The van der Waals surface area contributed by atoms with Crippen LogP contribution in [0, 0.1) is 5.92 Å². The number of nitrogens with one attached hydrogen (secondary N) is 1. The van der Waals surface area contributed by atoms with Gasteiger partial charge in [0.05, 0.1) is 0 Å². The summed E-state index contributed by atoms with van der Waals surface area (Å²) in [6.07, 6.45) is 2.60. The van der Waals surface area contributed by atoms with E-state index in [0.29, 0.717) is 18.9 Å². The zero-order valence-electron chi connectivity index (χ0n) is 11.2. The largest absolute Gasteiger partial charge is 0.396 e. The summed E-state index contributed by atoms with van der Waals surface area (Å²) in [4.78, 5) is 14.1. The van der Waals surface area contributed by atoms with E-state index in [1.807, 2.05) is 30.3 Å². The van der Waals surface area contributed by atoms with E-state index in [2.05, 4.69) is 10.2 Å². The van der Waals surface area contributed by atoms with Crippen molar-refractivity contribution in [2.75, 3.05) is 31.6 Å². The van der Waals surface area contributed by atoms with E-state index in [-0.39, 0.29) is 5.91 Å². The van der Waals surface area contributed by atoms with E-state index >= 15 is 0 Å². The van der Waals surface area contributed by atoms with Crippen molar-refractivity contribution >= 4 is 11.6 Å². The molecule has 4 heteroatoms. The molecule has 1 aliphatic rings. The number of carbonyl (C=O) groups excluding carboxylic acids is 1. The number of amides is 1. The monoisotopic (exact) mass is 262 g/mol. The Balaban J connectivity index is 1.67. The third kappa shape index (κ3) is 4.65. The number of rotatable bonds is 5. The summed E-state index contributed by atoms with van der Waals surface area (Å²) in [7, 11) is 0. The molecule has 1 saturated heterocycles. The molecule has 2 N–H and O–H groups in total. The van der Waals surface area contributed by atoms with Gasteiger partial charge in [-0.2, -0.15) is 0 Å². The standard InChI is InChI=1S/C15H22N2O2/c18-12-13-6-9-17(10-7-13)11-8-15(19)16-14-4-2-1-3-5-14/h1-5,13,18H,6-12H2,(H,16,19). The van der Waals surface area contributed by atoms with E-state index in [4.69, 9.17) is 5.11 Å². The SMILES string of the molecule is O=C(CCN1CCC(CO)CC1)Nc1ccccc1. The van der Waals surface area contributed by atoms with Gasteiger partial charge < -0.3 is 15.3 Å². The Labute approximate surface area is 114 Å². The van der Waals surface area contributed by atoms with Gasteiger partial charge in [-0.05, 0) is 44.0 Å². The van der Waals surface area contributed by atoms with Crippen LogP contribution < -0.4 is 5.32 Å². The zero-order valence-corrected chi connectivity index (χ0v) is 11.2. The van der Waals surface area contributed by atoms with Crippen molar-refractivity contribution in [2.24, 2.45) is 5.92 Å². The van der Waals surface area contributed by atoms with Gasteiger partial charge in [0.15, 0.2) is 0 Å². The normalized spacial score (nSPS) is 17.3. The quantitative estimate of drug-likeness (QED) is 0.849. The Kier molecular flexibility index (Phi) is 5.36. The van der Waals surface area contributed by atoms with Gasteiger partial charge in [0.2, 0.25) is 5.91 Å². The Morgan fingerprint density at radius 3 is 2.58 bits per heavy atom. The predicted octanol–water partition coefficient (Wildman–Crippen LogP) is 1.72. The molecule has 0 spiro atoms. The molecule has 1 aliphatic heterocycles. The second-order valence-corrected chi connectivity index (χ2v) is 5.13. The maximum Gasteiger partial charge on any atom is 0.225 e. The fraction of sp³-hybridized carbons (Fsp3) is 0.533. The van der Waals surface area contributed by atoms with Crippen molar-refractivity contribution in [1.82, 2.24) is 4.90 Å². The highest BCUT2D eigenvalue weighted by Gasteiger charge is 2.18. The van der Waals surface area contributed by atoms with Gasteiger partial charge in [0.1, 0.15) is 0 Å². The third-order valence-electron chi connectivity index (χ3n) is 3.68. The van der Waals surface area contributed by atoms with Crippen LogP contribution in [0.15, 0.2) is 30.3 Å². The van der Waals surface area contributed by atoms with Gasteiger partial charge in [0.25, 0.3) is 0 Å². The molecule has 0 aliphatic carbocycles. The van der Waals surface area contributed by atoms with E-state index in [1.165, 1.54) is 0 Å². The van der Waals surface area contributed by atoms with Crippen LogP contribution in [-0.2, 0) is 4.79 Å². The molecule has 2 rings (SSSR count). The number of aliphatic hydroxyl groups is 1. The highest BCUT2D eigenvalue weighted by atomic mass is 16.3. The van der Waals surface area contributed by atoms with Crippen LogP contribution in [-0.4, -0.2) is 42.2 Å². The molecule has 0 unspecified atom stereocenters. The van der Waals surface area contributed by atoms with Crippen LogP contribution in [0.25, 0.3) is 0 Å². The number of aliphatic hydroxyl groups excluding tert-OH is 1. The lowest BCUT2D eigenvalue weighted by Gasteiger charge is -2.30. The number of para-hydroxylation sites is 1. The van der Waals surface area contributed by atoms with Gasteiger partial charge >= 0.3 is 0 Å². The van der Waals surface area contributed by atoms with Crippen LogP contribution in [0.4, 0.5) is 5.69 Å². The third-order valence-corrected chi connectivity index (χ3v) is 3.68. The highest BCUT2D eigenvalue weighted by Crippen LogP contribution is 2.16. The number of hydrogen-bond acceptors (Lipinski definition) is 3. The summed E-state index contributed by atoms with van der Waals surface area (Å²) in [5.74, 6) is 0.518. The van der Waals surface area contributed by atoms with Crippen molar-refractivity contribution in [2.45, 2.75) is 19.3 Å². The summed E-state index contributed by atoms with van der Waals surface area (Å²) in [5, 5.41) is 12.0. The van der Waals surface area contributed by atoms with Crippen LogP contribution >= 0.6 is 0 Å². The fourth-order valence-corrected chi connectivity index (χ4v) is 2.40. The number of likely N-dealkylation sites (tertiary alicyclic amines) is 1. The molecule has 0 radical (unpaired) electrons. The van der Waals surface area contributed by atoms with Crippen molar-refractivity contribution < 1.29 is 9.90 Å². The molecule has 1 fully saturated rings. The summed E-state index contributed by atoms with van der Waals surface area (Å²) in [6, 6.07) is 9.54. The van der Waals surface area contributed by atoms with Crippen molar-refractivity contribution in [1.29, 1.82) is 0 Å². The zero-order chi connectivity index (χ0) is 13.5. The lowest BCUT2D eigenvalue weighted by atomic mass is 9.98. The molecule has 1 amide bonds. The lowest BCUT2D eigenvalue weighted by Crippen LogP contribution is -2.36. The molecule has 104 valence electrons. The van der Waals surface area contributed by atoms with Crippen LogP contribution in [0.2, 0.25) is 0 Å². The molecule has 0 bridgehead atoms. The Bertz CT molecular complexity index is 386. The smallest absolute Gasteiger partial charge is 0.225 e. The summed E-state index contributed by atoms with van der Waals surface area (Å²) >= 11 is 0. The topological polar surface area (TPSA) is 52.6 Å². The van der Waals surface area contributed by atoms with Gasteiger partial charge in [-0.15, -0.1) is 0 Å². The van der Waals surface area contributed by atoms with Crippen molar-refractivity contribution in [3.05, 3.63) is 30.3 Å². The van der Waals surface area contributed by atoms with Crippen LogP contribution in [0.5, 0.6) is 0 Å². The first-order chi connectivity index (χ1) is 9.28. The average Bonchev–Trinajstić information content (AvgIpc) is 2.47. The van der Waals surface area contributed by atoms with Crippen LogP contribution in [0.1, 0.15) is 19.3 Å². The maximum atomic E-state index is 11.8. The molecule has 19 heavy (non-hydrogen) atoms. The second kappa shape index (κ2) is 7.26. The predicted molar refractivity (Wildman–Crippen MR) is 75.9 cm³/mol. The minimum atomic E-state index is 0.0653.